The van der Waals surface area contributed by atoms with Crippen molar-refractivity contribution in [2.75, 3.05) is 12.8 Å². The highest BCUT2D eigenvalue weighted by atomic mass is 35.5. The summed E-state index contributed by atoms with van der Waals surface area (Å²) in [5, 5.41) is 0.607. The molecule has 0 amide bonds. The van der Waals surface area contributed by atoms with E-state index in [2.05, 4.69) is 0 Å². The van der Waals surface area contributed by atoms with Gasteiger partial charge in [-0.15, -0.1) is 0 Å². The highest BCUT2D eigenvalue weighted by Gasteiger charge is 2.16. The molecule has 2 rings (SSSR count). The van der Waals surface area contributed by atoms with Crippen LogP contribution in [0.3, 0.4) is 0 Å². The van der Waals surface area contributed by atoms with Gasteiger partial charge in [-0.3, -0.25) is 0 Å². The number of carbonyl (C=O) groups excluding carboxylic acids is 1. The first-order chi connectivity index (χ1) is 9.63. The van der Waals surface area contributed by atoms with Gasteiger partial charge < -0.3 is 15.2 Å². The minimum absolute atomic E-state index is 0.224. The molecule has 2 N–H and O–H groups in total. The number of rotatable bonds is 4. The van der Waals surface area contributed by atoms with Crippen molar-refractivity contribution < 1.29 is 14.3 Å². The van der Waals surface area contributed by atoms with Crippen molar-refractivity contribution in [2.45, 2.75) is 6.61 Å². The Morgan fingerprint density at radius 1 is 1.20 bits per heavy atom. The minimum atomic E-state index is -0.530. The third-order valence-corrected chi connectivity index (χ3v) is 3.16. The molecule has 2 aromatic rings. The van der Waals surface area contributed by atoms with E-state index in [4.69, 9.17) is 26.8 Å². The Morgan fingerprint density at radius 2 is 1.95 bits per heavy atom. The first-order valence-electron chi connectivity index (χ1n) is 5.96. The molecule has 0 unspecified atom stereocenters. The molecule has 0 atom stereocenters. The predicted molar refractivity (Wildman–Crippen MR) is 78.0 cm³/mol. The zero-order valence-corrected chi connectivity index (χ0v) is 11.7. The van der Waals surface area contributed by atoms with E-state index < -0.39 is 5.97 Å². The van der Waals surface area contributed by atoms with Crippen LogP contribution >= 0.6 is 11.6 Å². The molecule has 0 aromatic heterocycles. The summed E-state index contributed by atoms with van der Waals surface area (Å²) in [5.74, 6) is -0.158. The maximum absolute atomic E-state index is 11.7. The van der Waals surface area contributed by atoms with Crippen LogP contribution in [0.15, 0.2) is 42.5 Å². The monoisotopic (exact) mass is 291 g/mol. The fourth-order valence-corrected chi connectivity index (χ4v) is 1.95. The lowest BCUT2D eigenvalue weighted by atomic mass is 10.1. The molecule has 0 aliphatic carbocycles. The van der Waals surface area contributed by atoms with Crippen LogP contribution in [-0.2, 0) is 11.3 Å². The van der Waals surface area contributed by atoms with Gasteiger partial charge in [-0.1, -0.05) is 35.9 Å². The number of methoxy groups -OCH3 is 1. The average molecular weight is 292 g/mol. The third-order valence-electron chi connectivity index (χ3n) is 2.79. The highest BCUT2D eigenvalue weighted by molar-refractivity contribution is 6.31. The fourth-order valence-electron chi connectivity index (χ4n) is 1.76. The van der Waals surface area contributed by atoms with Crippen molar-refractivity contribution >= 4 is 23.3 Å². The van der Waals surface area contributed by atoms with Crippen molar-refractivity contribution in [3.63, 3.8) is 0 Å². The van der Waals surface area contributed by atoms with E-state index in [-0.39, 0.29) is 12.2 Å². The van der Waals surface area contributed by atoms with Crippen LogP contribution in [0.4, 0.5) is 5.69 Å². The van der Waals surface area contributed by atoms with E-state index in [0.29, 0.717) is 16.5 Å². The number of halogens is 1. The molecule has 5 heteroatoms. The van der Waals surface area contributed by atoms with Gasteiger partial charge in [0.05, 0.1) is 7.11 Å². The average Bonchev–Trinajstić information content (AvgIpc) is 2.46. The van der Waals surface area contributed by atoms with Crippen LogP contribution in [0, 0.1) is 0 Å². The molecule has 104 valence electrons. The summed E-state index contributed by atoms with van der Waals surface area (Å²) in [6.07, 6.45) is 0. The molecule has 2 aromatic carbocycles. The zero-order valence-electron chi connectivity index (χ0n) is 10.9. The molecule has 0 radical (unpaired) electrons. The summed E-state index contributed by atoms with van der Waals surface area (Å²) >= 11 is 6.06. The van der Waals surface area contributed by atoms with Gasteiger partial charge in [0, 0.05) is 16.3 Å². The van der Waals surface area contributed by atoms with Gasteiger partial charge in [0.1, 0.15) is 17.9 Å². The highest BCUT2D eigenvalue weighted by Crippen LogP contribution is 2.27. The molecule has 20 heavy (non-hydrogen) atoms. The van der Waals surface area contributed by atoms with E-state index in [0.717, 1.165) is 5.56 Å². The Hall–Kier alpha value is -2.20. The molecule has 0 aliphatic rings. The lowest BCUT2D eigenvalue weighted by Gasteiger charge is -2.12. The number of anilines is 1. The summed E-state index contributed by atoms with van der Waals surface area (Å²) in [7, 11) is 1.30. The van der Waals surface area contributed by atoms with Crippen LogP contribution in [-0.4, -0.2) is 13.1 Å². The minimum Gasteiger partial charge on any atom is -0.488 e. The van der Waals surface area contributed by atoms with E-state index in [1.165, 1.54) is 7.11 Å². The topological polar surface area (TPSA) is 61.5 Å². The summed E-state index contributed by atoms with van der Waals surface area (Å²) in [4.78, 5) is 11.7. The van der Waals surface area contributed by atoms with E-state index in [1.807, 2.05) is 18.2 Å². The number of esters is 1. The van der Waals surface area contributed by atoms with E-state index >= 15 is 0 Å². The lowest BCUT2D eigenvalue weighted by molar-refractivity contribution is 0.0597. The lowest BCUT2D eigenvalue weighted by Crippen LogP contribution is -2.09. The molecular weight excluding hydrogens is 278 g/mol. The number of nitrogens with two attached hydrogens (primary N) is 1. The molecule has 0 saturated heterocycles. The zero-order chi connectivity index (χ0) is 14.5. The first-order valence-corrected chi connectivity index (χ1v) is 6.34. The number of ether oxygens (including phenoxy) is 2. The third kappa shape index (κ3) is 3.03. The summed E-state index contributed by atoms with van der Waals surface area (Å²) in [6.45, 7) is 0.243. The summed E-state index contributed by atoms with van der Waals surface area (Å²) in [5.41, 5.74) is 7.15. The van der Waals surface area contributed by atoms with Crippen LogP contribution in [0.1, 0.15) is 15.9 Å². The van der Waals surface area contributed by atoms with Crippen molar-refractivity contribution in [2.24, 2.45) is 0 Å². The normalized spacial score (nSPS) is 10.1. The standard InChI is InChI=1S/C15H14ClNO3/c1-19-15(18)14-12(17)7-4-8-13(14)20-9-10-5-2-3-6-11(10)16/h2-8H,9,17H2,1H3. The Bertz CT molecular complexity index is 628. The molecule has 0 heterocycles. The Morgan fingerprint density at radius 3 is 2.65 bits per heavy atom. The Labute approximate surface area is 122 Å². The second kappa shape index (κ2) is 6.30. The van der Waals surface area contributed by atoms with Gasteiger partial charge in [0.2, 0.25) is 0 Å². The maximum atomic E-state index is 11.7. The quantitative estimate of drug-likeness (QED) is 0.693. The molecular formula is C15H14ClNO3. The molecule has 0 aliphatic heterocycles. The number of hydrogen-bond acceptors (Lipinski definition) is 4. The van der Waals surface area contributed by atoms with E-state index in [1.54, 1.807) is 24.3 Å². The van der Waals surface area contributed by atoms with Crippen LogP contribution in [0.2, 0.25) is 5.02 Å². The maximum Gasteiger partial charge on any atom is 0.343 e. The number of nitrogen functional groups attached to an aromatic ring is 1. The number of benzene rings is 2. The first kappa shape index (κ1) is 14.2. The number of hydrogen-bond donors (Lipinski definition) is 1. The molecule has 0 fully saturated rings. The van der Waals surface area contributed by atoms with E-state index in [9.17, 15) is 4.79 Å². The Kier molecular flexibility index (Phi) is 4.48. The van der Waals surface area contributed by atoms with Crippen molar-refractivity contribution in [1.29, 1.82) is 0 Å². The predicted octanol–water partition coefficient (Wildman–Crippen LogP) is 3.29. The smallest absolute Gasteiger partial charge is 0.343 e. The van der Waals surface area contributed by atoms with Gasteiger partial charge in [-0.2, -0.15) is 0 Å². The van der Waals surface area contributed by atoms with Gasteiger partial charge in [0.15, 0.2) is 0 Å². The van der Waals surface area contributed by atoms with Crippen molar-refractivity contribution in [3.8, 4) is 5.75 Å². The van der Waals surface area contributed by atoms with Crippen molar-refractivity contribution in [3.05, 3.63) is 58.6 Å². The Balaban J connectivity index is 2.24. The van der Waals surface area contributed by atoms with Gasteiger partial charge in [-0.25, -0.2) is 4.79 Å². The molecule has 0 bridgehead atoms. The van der Waals surface area contributed by atoms with Crippen LogP contribution < -0.4 is 10.5 Å². The second-order valence-corrected chi connectivity index (χ2v) is 4.50. The van der Waals surface area contributed by atoms with Gasteiger partial charge in [-0.05, 0) is 18.2 Å². The fraction of sp³-hybridized carbons (Fsp3) is 0.133. The largest absolute Gasteiger partial charge is 0.488 e. The van der Waals surface area contributed by atoms with Crippen LogP contribution in [0.25, 0.3) is 0 Å². The SMILES string of the molecule is COC(=O)c1c(N)cccc1OCc1ccccc1Cl. The van der Waals surface area contributed by atoms with Gasteiger partial charge in [0.25, 0.3) is 0 Å². The number of carbonyl (C=O) groups is 1. The van der Waals surface area contributed by atoms with Gasteiger partial charge >= 0.3 is 5.97 Å². The second-order valence-electron chi connectivity index (χ2n) is 4.09. The van der Waals surface area contributed by atoms with Crippen LogP contribution in [0.5, 0.6) is 5.75 Å². The summed E-state index contributed by atoms with van der Waals surface area (Å²) in [6, 6.07) is 12.3. The van der Waals surface area contributed by atoms with Crippen molar-refractivity contribution in [1.82, 2.24) is 0 Å². The summed E-state index contributed by atoms with van der Waals surface area (Å²) < 4.78 is 10.4. The molecule has 0 saturated carbocycles. The molecule has 0 spiro atoms. The molecule has 4 nitrogen and oxygen atoms in total.